The highest BCUT2D eigenvalue weighted by atomic mass is 35.5. The van der Waals surface area contributed by atoms with Crippen molar-refractivity contribution in [1.29, 1.82) is 0 Å². The molecule has 1 unspecified atom stereocenters. The Bertz CT molecular complexity index is 452. The summed E-state index contributed by atoms with van der Waals surface area (Å²) in [5.74, 6) is 3.00. The van der Waals surface area contributed by atoms with Crippen LogP contribution in [0.1, 0.15) is 49.7 Å². The Hall–Kier alpha value is -0.490. The van der Waals surface area contributed by atoms with Gasteiger partial charge >= 0.3 is 0 Å². The molecule has 1 heteroatoms. The first kappa shape index (κ1) is 13.2. The predicted molar refractivity (Wildman–Crippen MR) is 85.1 cm³/mol. The molecule has 0 aliphatic heterocycles. The molecule has 4 saturated carbocycles. The molecule has 1 atom stereocenters. The van der Waals surface area contributed by atoms with Crippen LogP contribution < -0.4 is 0 Å². The third kappa shape index (κ3) is 2.21. The van der Waals surface area contributed by atoms with E-state index in [1.807, 2.05) is 0 Å². The van der Waals surface area contributed by atoms with Crippen LogP contribution in [-0.2, 0) is 6.42 Å². The molecule has 1 aromatic carbocycles. The molecule has 4 aliphatic rings. The molecule has 108 valence electrons. The third-order valence-electron chi connectivity index (χ3n) is 6.29. The number of aryl methyl sites for hydroxylation is 1. The Labute approximate surface area is 127 Å². The van der Waals surface area contributed by atoms with Gasteiger partial charge in [0.15, 0.2) is 0 Å². The smallest absolute Gasteiger partial charge is 0.0432 e. The maximum Gasteiger partial charge on any atom is 0.0432 e. The fourth-order valence-electron chi connectivity index (χ4n) is 5.71. The third-order valence-corrected chi connectivity index (χ3v) is 6.90. The molecule has 0 spiro atoms. The van der Waals surface area contributed by atoms with E-state index < -0.39 is 0 Å². The van der Waals surface area contributed by atoms with Gasteiger partial charge in [-0.1, -0.05) is 29.8 Å². The lowest BCUT2D eigenvalue weighted by Gasteiger charge is -2.58. The molecule has 1 aromatic rings. The van der Waals surface area contributed by atoms with Gasteiger partial charge in [-0.05, 0) is 80.6 Å². The number of hydrogen-bond donors (Lipinski definition) is 0. The number of alkyl halides is 1. The van der Waals surface area contributed by atoms with Crippen molar-refractivity contribution in [3.8, 4) is 0 Å². The molecule has 0 amide bonds. The van der Waals surface area contributed by atoms with Crippen LogP contribution in [0.25, 0.3) is 0 Å². The number of hydrogen-bond acceptors (Lipinski definition) is 0. The quantitative estimate of drug-likeness (QED) is 0.657. The van der Waals surface area contributed by atoms with Gasteiger partial charge in [-0.15, -0.1) is 11.6 Å². The highest BCUT2D eigenvalue weighted by Gasteiger charge is 2.53. The zero-order chi connectivity index (χ0) is 13.7. The van der Waals surface area contributed by atoms with Crippen LogP contribution in [-0.4, -0.2) is 5.38 Å². The second kappa shape index (κ2) is 4.77. The first-order chi connectivity index (χ1) is 9.63. The molecule has 0 radical (unpaired) electrons. The molecular formula is C19H25Cl. The van der Waals surface area contributed by atoms with Crippen molar-refractivity contribution in [3.63, 3.8) is 0 Å². The highest BCUT2D eigenvalue weighted by Crippen LogP contribution is 2.62. The minimum Gasteiger partial charge on any atom is -0.122 e. The summed E-state index contributed by atoms with van der Waals surface area (Å²) < 4.78 is 0. The Morgan fingerprint density at radius 3 is 2.00 bits per heavy atom. The lowest BCUT2D eigenvalue weighted by atomic mass is 9.48. The SMILES string of the molecule is Cc1ccc(CC(Cl)C23CC4CC(CC(C4)C2)C3)cc1. The Morgan fingerprint density at radius 2 is 1.50 bits per heavy atom. The molecule has 0 aromatic heterocycles. The summed E-state index contributed by atoms with van der Waals surface area (Å²) in [4.78, 5) is 0. The van der Waals surface area contributed by atoms with Crippen molar-refractivity contribution < 1.29 is 0 Å². The van der Waals surface area contributed by atoms with Gasteiger partial charge < -0.3 is 0 Å². The summed E-state index contributed by atoms with van der Waals surface area (Å²) in [5, 5.41) is 0.346. The van der Waals surface area contributed by atoms with Gasteiger partial charge in [0.2, 0.25) is 0 Å². The maximum absolute atomic E-state index is 6.98. The molecule has 0 N–H and O–H groups in total. The van der Waals surface area contributed by atoms with Gasteiger partial charge in [0.05, 0.1) is 0 Å². The average molecular weight is 289 g/mol. The van der Waals surface area contributed by atoms with E-state index in [0.717, 1.165) is 24.2 Å². The van der Waals surface area contributed by atoms with Gasteiger partial charge in [-0.25, -0.2) is 0 Å². The van der Waals surface area contributed by atoms with Crippen LogP contribution in [0.3, 0.4) is 0 Å². The van der Waals surface area contributed by atoms with E-state index in [-0.39, 0.29) is 0 Å². The molecule has 5 rings (SSSR count). The van der Waals surface area contributed by atoms with Gasteiger partial charge in [0.25, 0.3) is 0 Å². The van der Waals surface area contributed by atoms with Crippen LogP contribution in [0.2, 0.25) is 0 Å². The summed E-state index contributed by atoms with van der Waals surface area (Å²) in [7, 11) is 0. The van der Waals surface area contributed by atoms with Crippen LogP contribution >= 0.6 is 11.6 Å². The van der Waals surface area contributed by atoms with Crippen molar-refractivity contribution in [1.82, 2.24) is 0 Å². The molecule has 20 heavy (non-hydrogen) atoms. The summed E-state index contributed by atoms with van der Waals surface area (Å²) in [6.07, 6.45) is 9.83. The monoisotopic (exact) mass is 288 g/mol. The minimum absolute atomic E-state index is 0.346. The summed E-state index contributed by atoms with van der Waals surface area (Å²) >= 11 is 6.98. The zero-order valence-electron chi connectivity index (χ0n) is 12.4. The maximum atomic E-state index is 6.98. The predicted octanol–water partition coefficient (Wildman–Crippen LogP) is 5.36. The lowest BCUT2D eigenvalue weighted by Crippen LogP contribution is -2.50. The minimum atomic E-state index is 0.346. The summed E-state index contributed by atoms with van der Waals surface area (Å²) in [6, 6.07) is 8.98. The van der Waals surface area contributed by atoms with Crippen molar-refractivity contribution in [2.24, 2.45) is 23.2 Å². The van der Waals surface area contributed by atoms with Crippen molar-refractivity contribution in [2.75, 3.05) is 0 Å². The van der Waals surface area contributed by atoms with Crippen molar-refractivity contribution in [3.05, 3.63) is 35.4 Å². The molecule has 4 bridgehead atoms. The van der Waals surface area contributed by atoms with Gasteiger partial charge in [0, 0.05) is 5.38 Å². The number of rotatable bonds is 3. The fourth-order valence-corrected chi connectivity index (χ4v) is 6.15. The van der Waals surface area contributed by atoms with Crippen LogP contribution in [0.5, 0.6) is 0 Å². The van der Waals surface area contributed by atoms with Crippen LogP contribution in [0.4, 0.5) is 0 Å². The standard InChI is InChI=1S/C19H25Cl/c1-13-2-4-14(5-3-13)9-18(20)19-10-15-6-16(11-19)8-17(7-15)12-19/h2-5,15-18H,6-12H2,1H3. The first-order valence-electron chi connectivity index (χ1n) is 8.32. The zero-order valence-corrected chi connectivity index (χ0v) is 13.2. The Kier molecular flexibility index (Phi) is 3.14. The normalized spacial score (nSPS) is 40.0. The van der Waals surface area contributed by atoms with Gasteiger partial charge in [0.1, 0.15) is 0 Å². The van der Waals surface area contributed by atoms with Crippen molar-refractivity contribution in [2.45, 2.75) is 57.2 Å². The second-order valence-electron chi connectivity index (χ2n) is 7.94. The van der Waals surface area contributed by atoms with Gasteiger partial charge in [-0.3, -0.25) is 0 Å². The first-order valence-corrected chi connectivity index (χ1v) is 8.76. The fraction of sp³-hybridized carbons (Fsp3) is 0.684. The molecule has 0 nitrogen and oxygen atoms in total. The number of halogens is 1. The van der Waals surface area contributed by atoms with E-state index in [0.29, 0.717) is 10.8 Å². The Morgan fingerprint density at radius 1 is 1.00 bits per heavy atom. The summed E-state index contributed by atoms with van der Waals surface area (Å²) in [6.45, 7) is 2.15. The van der Waals surface area contributed by atoms with Gasteiger partial charge in [-0.2, -0.15) is 0 Å². The molecule has 0 heterocycles. The topological polar surface area (TPSA) is 0 Å². The van der Waals surface area contributed by atoms with E-state index in [1.54, 1.807) is 0 Å². The largest absolute Gasteiger partial charge is 0.122 e. The van der Waals surface area contributed by atoms with E-state index in [1.165, 1.54) is 49.7 Å². The van der Waals surface area contributed by atoms with Crippen molar-refractivity contribution >= 4 is 11.6 Å². The summed E-state index contributed by atoms with van der Waals surface area (Å²) in [5.41, 5.74) is 3.24. The second-order valence-corrected chi connectivity index (χ2v) is 8.46. The lowest BCUT2D eigenvalue weighted by molar-refractivity contribution is -0.0545. The molecule has 4 fully saturated rings. The highest BCUT2D eigenvalue weighted by molar-refractivity contribution is 6.21. The van der Waals surface area contributed by atoms with Crippen LogP contribution in [0, 0.1) is 30.1 Å². The molecule has 4 aliphatic carbocycles. The van der Waals surface area contributed by atoms with E-state index >= 15 is 0 Å². The Balaban J connectivity index is 1.53. The molecular weight excluding hydrogens is 264 g/mol. The van der Waals surface area contributed by atoms with Crippen LogP contribution in [0.15, 0.2) is 24.3 Å². The average Bonchev–Trinajstić information content (AvgIpc) is 2.40. The molecule has 0 saturated heterocycles. The van der Waals surface area contributed by atoms with E-state index in [9.17, 15) is 0 Å². The number of benzene rings is 1. The van der Waals surface area contributed by atoms with E-state index in [4.69, 9.17) is 11.6 Å². The van der Waals surface area contributed by atoms with E-state index in [2.05, 4.69) is 31.2 Å².